The van der Waals surface area contributed by atoms with Crippen molar-refractivity contribution in [3.05, 3.63) is 5.82 Å². The number of thioether (sulfide) groups is 1. The first-order valence-electron chi connectivity index (χ1n) is 9.50. The maximum atomic E-state index is 12.4. The third kappa shape index (κ3) is 4.93. The zero-order valence-electron chi connectivity index (χ0n) is 16.1. The van der Waals surface area contributed by atoms with Gasteiger partial charge in [0.25, 0.3) is 0 Å². The van der Waals surface area contributed by atoms with E-state index >= 15 is 0 Å². The van der Waals surface area contributed by atoms with E-state index in [0.29, 0.717) is 11.3 Å². The van der Waals surface area contributed by atoms with Crippen LogP contribution >= 0.6 is 24.2 Å². The third-order valence-corrected chi connectivity index (χ3v) is 6.17. The average Bonchev–Trinajstić information content (AvgIpc) is 3.15. The number of nitrogens with zero attached hydrogens (tertiary/aromatic N) is 3. The molecule has 1 aromatic rings. The second kappa shape index (κ2) is 9.42. The van der Waals surface area contributed by atoms with Crippen LogP contribution in [0.3, 0.4) is 0 Å². The zero-order chi connectivity index (χ0) is 17.9. The van der Waals surface area contributed by atoms with E-state index in [1.807, 2.05) is 6.26 Å². The maximum Gasteiger partial charge on any atom is 0.223 e. The van der Waals surface area contributed by atoms with Crippen molar-refractivity contribution in [1.29, 1.82) is 0 Å². The van der Waals surface area contributed by atoms with Gasteiger partial charge in [0, 0.05) is 25.4 Å². The summed E-state index contributed by atoms with van der Waals surface area (Å²) >= 11 is 1.64. The SMILES string of the molecule is CSc1nnc(CCCNC(=O)C2CC23CCNCC3)n1CC(C)C.Cl. The van der Waals surface area contributed by atoms with Crippen molar-refractivity contribution in [3.63, 3.8) is 0 Å². The van der Waals surface area contributed by atoms with E-state index in [1.165, 1.54) is 0 Å². The first-order chi connectivity index (χ1) is 12.1. The summed E-state index contributed by atoms with van der Waals surface area (Å²) in [5, 5.41) is 16.1. The van der Waals surface area contributed by atoms with Gasteiger partial charge in [-0.1, -0.05) is 25.6 Å². The minimum Gasteiger partial charge on any atom is -0.356 e. The molecule has 0 aromatic carbocycles. The van der Waals surface area contributed by atoms with Crippen LogP contribution in [-0.4, -0.2) is 46.6 Å². The van der Waals surface area contributed by atoms with E-state index in [1.54, 1.807) is 11.8 Å². The molecule has 1 amide bonds. The summed E-state index contributed by atoms with van der Waals surface area (Å²) in [4.78, 5) is 12.4. The Hall–Kier alpha value is -0.790. The average molecular weight is 402 g/mol. The fraction of sp³-hybridized carbons (Fsp3) is 0.833. The molecule has 2 aliphatic rings. The molecule has 1 aliphatic heterocycles. The van der Waals surface area contributed by atoms with Crippen molar-refractivity contribution in [1.82, 2.24) is 25.4 Å². The molecule has 1 spiro atoms. The number of carbonyl (C=O) groups is 1. The summed E-state index contributed by atoms with van der Waals surface area (Å²) in [5.74, 6) is 2.11. The first-order valence-corrected chi connectivity index (χ1v) is 10.7. The summed E-state index contributed by atoms with van der Waals surface area (Å²) in [6.07, 6.45) is 7.21. The lowest BCUT2D eigenvalue weighted by atomic mass is 9.92. The number of halogens is 1. The van der Waals surface area contributed by atoms with Crippen LogP contribution in [-0.2, 0) is 17.8 Å². The van der Waals surface area contributed by atoms with Gasteiger partial charge in [-0.2, -0.15) is 0 Å². The summed E-state index contributed by atoms with van der Waals surface area (Å²) in [6.45, 7) is 8.22. The van der Waals surface area contributed by atoms with E-state index in [2.05, 4.69) is 39.2 Å². The van der Waals surface area contributed by atoms with Gasteiger partial charge in [0.1, 0.15) is 5.82 Å². The monoisotopic (exact) mass is 401 g/mol. The van der Waals surface area contributed by atoms with Crippen LogP contribution < -0.4 is 10.6 Å². The van der Waals surface area contributed by atoms with Crippen molar-refractivity contribution in [2.45, 2.75) is 57.7 Å². The number of carbonyl (C=O) groups excluding carboxylic acids is 1. The number of aryl methyl sites for hydroxylation is 1. The Morgan fingerprint density at radius 1 is 1.38 bits per heavy atom. The Bertz CT molecular complexity index is 600. The Morgan fingerprint density at radius 3 is 2.77 bits per heavy atom. The molecule has 0 radical (unpaired) electrons. The molecule has 1 saturated carbocycles. The standard InChI is InChI=1S/C18H31N5OS.ClH/c1-13(2)12-23-15(21-22-17(23)25-3)5-4-8-20-16(24)14-11-18(14)6-9-19-10-7-18;/h13-14,19H,4-12H2,1-3H3,(H,20,24);1H. The largest absolute Gasteiger partial charge is 0.356 e. The van der Waals surface area contributed by atoms with E-state index in [-0.39, 0.29) is 24.2 Å². The Labute approximate surface area is 167 Å². The minimum absolute atomic E-state index is 0. The molecular weight excluding hydrogens is 370 g/mol. The Morgan fingerprint density at radius 2 is 2.12 bits per heavy atom. The highest BCUT2D eigenvalue weighted by Gasteiger charge is 2.57. The van der Waals surface area contributed by atoms with Crippen LogP contribution in [0.15, 0.2) is 5.16 Å². The molecule has 0 bridgehead atoms. The predicted molar refractivity (Wildman–Crippen MR) is 108 cm³/mol. The first kappa shape index (κ1) is 21.5. The van der Waals surface area contributed by atoms with Gasteiger partial charge in [0.2, 0.25) is 5.91 Å². The molecule has 2 fully saturated rings. The molecule has 2 N–H and O–H groups in total. The molecule has 2 heterocycles. The van der Waals surface area contributed by atoms with Gasteiger partial charge in [0.05, 0.1) is 0 Å². The number of piperidine rings is 1. The second-order valence-electron chi connectivity index (χ2n) is 7.87. The third-order valence-electron chi connectivity index (χ3n) is 5.51. The van der Waals surface area contributed by atoms with Gasteiger partial charge in [-0.25, -0.2) is 0 Å². The fourth-order valence-electron chi connectivity index (χ4n) is 3.98. The number of hydrogen-bond acceptors (Lipinski definition) is 5. The van der Waals surface area contributed by atoms with Crippen molar-refractivity contribution in [2.24, 2.45) is 17.3 Å². The molecule has 1 unspecified atom stereocenters. The van der Waals surface area contributed by atoms with Crippen molar-refractivity contribution >= 4 is 30.1 Å². The molecule has 1 saturated heterocycles. The molecule has 6 nitrogen and oxygen atoms in total. The number of hydrogen-bond donors (Lipinski definition) is 2. The normalized spacial score (nSPS) is 20.8. The van der Waals surface area contributed by atoms with E-state index in [0.717, 1.165) is 69.3 Å². The van der Waals surface area contributed by atoms with Crippen molar-refractivity contribution in [2.75, 3.05) is 25.9 Å². The summed E-state index contributed by atoms with van der Waals surface area (Å²) in [5.41, 5.74) is 0.319. The number of amides is 1. The number of aromatic nitrogens is 3. The number of rotatable bonds is 8. The Kier molecular flexibility index (Phi) is 7.79. The highest BCUT2D eigenvalue weighted by molar-refractivity contribution is 7.98. The van der Waals surface area contributed by atoms with E-state index in [9.17, 15) is 4.79 Å². The van der Waals surface area contributed by atoms with Crippen molar-refractivity contribution in [3.8, 4) is 0 Å². The van der Waals surface area contributed by atoms with Gasteiger partial charge >= 0.3 is 0 Å². The van der Waals surface area contributed by atoms with E-state index in [4.69, 9.17) is 0 Å². The smallest absolute Gasteiger partial charge is 0.223 e. The van der Waals surface area contributed by atoms with Gasteiger partial charge in [-0.15, -0.1) is 22.6 Å². The van der Waals surface area contributed by atoms with Gasteiger partial charge in [-0.05, 0) is 56.4 Å². The molecule has 148 valence electrons. The van der Waals surface area contributed by atoms with Crippen LogP contribution in [0.4, 0.5) is 0 Å². The van der Waals surface area contributed by atoms with Crippen LogP contribution in [0.1, 0.15) is 45.4 Å². The lowest BCUT2D eigenvalue weighted by molar-refractivity contribution is -0.123. The molecule has 8 heteroatoms. The van der Waals surface area contributed by atoms with Crippen LogP contribution in [0, 0.1) is 17.3 Å². The molecular formula is C18H32ClN5OS. The topological polar surface area (TPSA) is 71.8 Å². The number of nitrogens with one attached hydrogen (secondary N) is 2. The second-order valence-corrected chi connectivity index (χ2v) is 8.64. The molecule has 3 rings (SSSR count). The van der Waals surface area contributed by atoms with Gasteiger partial charge < -0.3 is 15.2 Å². The Balaban J connectivity index is 0.00000243. The van der Waals surface area contributed by atoms with Crippen LogP contribution in [0.2, 0.25) is 0 Å². The molecule has 1 aliphatic carbocycles. The molecule has 1 aromatic heterocycles. The fourth-order valence-corrected chi connectivity index (χ4v) is 4.50. The minimum atomic E-state index is 0. The summed E-state index contributed by atoms with van der Waals surface area (Å²) in [6, 6.07) is 0. The van der Waals surface area contributed by atoms with Gasteiger partial charge in [0.15, 0.2) is 5.16 Å². The quantitative estimate of drug-likeness (QED) is 0.517. The maximum absolute atomic E-state index is 12.4. The lowest BCUT2D eigenvalue weighted by Crippen LogP contribution is -2.34. The van der Waals surface area contributed by atoms with Crippen LogP contribution in [0.5, 0.6) is 0 Å². The van der Waals surface area contributed by atoms with Crippen LogP contribution in [0.25, 0.3) is 0 Å². The highest BCUT2D eigenvalue weighted by Crippen LogP contribution is 2.58. The van der Waals surface area contributed by atoms with Gasteiger partial charge in [-0.3, -0.25) is 4.79 Å². The predicted octanol–water partition coefficient (Wildman–Crippen LogP) is 2.52. The lowest BCUT2D eigenvalue weighted by Gasteiger charge is -2.23. The highest BCUT2D eigenvalue weighted by atomic mass is 35.5. The summed E-state index contributed by atoms with van der Waals surface area (Å²) in [7, 11) is 0. The molecule has 26 heavy (non-hydrogen) atoms. The zero-order valence-corrected chi connectivity index (χ0v) is 17.7. The van der Waals surface area contributed by atoms with E-state index < -0.39 is 0 Å². The van der Waals surface area contributed by atoms with Crippen molar-refractivity contribution < 1.29 is 4.79 Å². The molecule has 1 atom stereocenters. The summed E-state index contributed by atoms with van der Waals surface area (Å²) < 4.78 is 2.22.